The van der Waals surface area contributed by atoms with Gasteiger partial charge >= 0.3 is 5.97 Å². The van der Waals surface area contributed by atoms with Crippen molar-refractivity contribution in [3.05, 3.63) is 10.6 Å². The van der Waals surface area contributed by atoms with Gasteiger partial charge in [-0.25, -0.2) is 4.79 Å². The smallest absolute Gasteiger partial charge is 0.353 e. The van der Waals surface area contributed by atoms with Crippen molar-refractivity contribution in [1.29, 1.82) is 0 Å². The lowest BCUT2D eigenvalue weighted by Gasteiger charge is -2.46. The molecule has 1 amide bonds. The first-order valence-corrected chi connectivity index (χ1v) is 10.9. The third-order valence-electron chi connectivity index (χ3n) is 6.50. The van der Waals surface area contributed by atoms with Crippen LogP contribution in [0.15, 0.2) is 10.6 Å². The Morgan fingerprint density at radius 2 is 2.11 bits per heavy atom. The fraction of sp³-hybridized carbons (Fsp3) is 0.789. The van der Waals surface area contributed by atoms with Gasteiger partial charge in [-0.3, -0.25) is 4.79 Å². The summed E-state index contributed by atoms with van der Waals surface area (Å²) < 4.78 is 0. The minimum Gasteiger partial charge on any atom is -0.477 e. The molecule has 0 saturated carbocycles. The minimum absolute atomic E-state index is 0.0442. The number of hydrogen-bond donors (Lipinski definition) is 3. The van der Waals surface area contributed by atoms with Crippen molar-refractivity contribution >= 4 is 23.6 Å². The first kappa shape index (κ1) is 19.2. The number of carbonyl (C=O) groups is 2. The number of thioether (sulfide) groups is 1. The van der Waals surface area contributed by atoms with Gasteiger partial charge in [0, 0.05) is 35.2 Å². The number of nitrogens with one attached hydrogen (secondary N) is 1. The lowest BCUT2D eigenvalue weighted by atomic mass is 9.79. The number of likely N-dealkylation sites (tertiary alicyclic amines) is 1. The number of aliphatic hydroxyl groups excluding tert-OH is 1. The number of aliphatic hydroxyl groups is 1. The number of piperidine rings is 1. The molecular formula is C19H29N3O4S. The zero-order valence-electron chi connectivity index (χ0n) is 15.9. The Balaban J connectivity index is 1.42. The van der Waals surface area contributed by atoms with Crippen molar-refractivity contribution in [3.8, 4) is 0 Å². The summed E-state index contributed by atoms with van der Waals surface area (Å²) in [6, 6.07) is 0.305. The summed E-state index contributed by atoms with van der Waals surface area (Å²) in [5.74, 6) is -1.83. The van der Waals surface area contributed by atoms with Crippen LogP contribution < -0.4 is 5.32 Å². The van der Waals surface area contributed by atoms with Gasteiger partial charge in [0.1, 0.15) is 5.70 Å². The fourth-order valence-electron chi connectivity index (χ4n) is 4.88. The molecule has 27 heavy (non-hydrogen) atoms. The summed E-state index contributed by atoms with van der Waals surface area (Å²) >= 11 is 1.62. The average Bonchev–Trinajstić information content (AvgIpc) is 2.81. The van der Waals surface area contributed by atoms with Crippen molar-refractivity contribution in [2.75, 3.05) is 26.2 Å². The maximum Gasteiger partial charge on any atom is 0.353 e. The van der Waals surface area contributed by atoms with Crippen LogP contribution in [0.25, 0.3) is 0 Å². The molecule has 0 aromatic heterocycles. The van der Waals surface area contributed by atoms with Crippen molar-refractivity contribution in [2.24, 2.45) is 11.8 Å². The predicted octanol–water partition coefficient (Wildman–Crippen LogP) is 0.700. The number of carboxylic acid groups (broad SMARTS) is 1. The Kier molecular flexibility index (Phi) is 5.26. The van der Waals surface area contributed by atoms with E-state index < -0.39 is 18.0 Å². The van der Waals surface area contributed by atoms with E-state index in [2.05, 4.69) is 10.2 Å². The highest BCUT2D eigenvalue weighted by Crippen LogP contribution is 2.51. The molecule has 6 atom stereocenters. The van der Waals surface area contributed by atoms with E-state index in [1.165, 1.54) is 24.4 Å². The number of β-lactam (4-membered cyclic amide) rings is 1. The molecule has 7 nitrogen and oxygen atoms in total. The highest BCUT2D eigenvalue weighted by Gasteiger charge is 2.60. The van der Waals surface area contributed by atoms with Crippen LogP contribution in [0.3, 0.4) is 0 Å². The summed E-state index contributed by atoms with van der Waals surface area (Å²) in [6.45, 7) is 7.99. The summed E-state index contributed by atoms with van der Waals surface area (Å²) in [6.07, 6.45) is 2.71. The van der Waals surface area contributed by atoms with E-state index in [1.807, 2.05) is 6.92 Å². The van der Waals surface area contributed by atoms with Crippen LogP contribution in [0, 0.1) is 11.8 Å². The molecule has 0 spiro atoms. The van der Waals surface area contributed by atoms with E-state index in [1.54, 1.807) is 18.7 Å². The Hall–Kier alpha value is -1.09. The van der Waals surface area contributed by atoms with E-state index in [0.29, 0.717) is 11.3 Å². The molecule has 0 aliphatic carbocycles. The van der Waals surface area contributed by atoms with Gasteiger partial charge in [0.2, 0.25) is 5.91 Å². The number of rotatable bonds is 6. The lowest BCUT2D eigenvalue weighted by molar-refractivity contribution is -0.163. The second kappa shape index (κ2) is 7.39. The molecule has 0 aromatic carbocycles. The molecule has 4 aliphatic rings. The fourth-order valence-corrected chi connectivity index (χ4v) is 6.32. The Labute approximate surface area is 164 Å². The average molecular weight is 396 g/mol. The molecule has 4 heterocycles. The molecular weight excluding hydrogens is 366 g/mol. The number of aliphatic carboxylic acids is 1. The van der Waals surface area contributed by atoms with Gasteiger partial charge in [0.15, 0.2) is 0 Å². The molecule has 4 aliphatic heterocycles. The molecule has 3 fully saturated rings. The van der Waals surface area contributed by atoms with E-state index in [9.17, 15) is 19.8 Å². The minimum atomic E-state index is -1.04. The molecule has 0 bridgehead atoms. The van der Waals surface area contributed by atoms with Crippen LogP contribution in [-0.2, 0) is 9.59 Å². The summed E-state index contributed by atoms with van der Waals surface area (Å²) in [5.41, 5.74) is 0.141. The van der Waals surface area contributed by atoms with Crippen molar-refractivity contribution in [3.63, 3.8) is 0 Å². The Bertz CT molecular complexity index is 655. The van der Waals surface area contributed by atoms with Gasteiger partial charge in [0.25, 0.3) is 0 Å². The first-order valence-electron chi connectivity index (χ1n) is 9.99. The predicted molar refractivity (Wildman–Crippen MR) is 103 cm³/mol. The van der Waals surface area contributed by atoms with Gasteiger partial charge in [-0.05, 0) is 39.3 Å². The SMILES string of the molecule is CC(O)[C@H]1C(=O)N2C(C(=O)O)=C(SC3CCC(CN4CCC4)NC3)[C@H](C)[C@H]12. The number of amides is 1. The third-order valence-corrected chi connectivity index (χ3v) is 8.06. The largest absolute Gasteiger partial charge is 0.477 e. The van der Waals surface area contributed by atoms with Crippen molar-refractivity contribution in [2.45, 2.75) is 56.5 Å². The maximum absolute atomic E-state index is 12.4. The Morgan fingerprint density at radius 1 is 1.37 bits per heavy atom. The number of fused-ring (bicyclic) bond motifs is 1. The van der Waals surface area contributed by atoms with Crippen LogP contribution in [0.1, 0.15) is 33.1 Å². The van der Waals surface area contributed by atoms with Crippen LogP contribution in [-0.4, -0.2) is 81.5 Å². The molecule has 4 rings (SSSR count). The monoisotopic (exact) mass is 395 g/mol. The standard InChI is InChI=1S/C19H29N3O4S/c1-10-15-14(11(2)23)18(24)22(15)16(19(25)26)17(10)27-13-5-4-12(20-8-13)9-21-6-3-7-21/h10-15,20,23H,3-9H2,1-2H3,(H,25,26)/t10-,11?,12?,13?,14-,15-/m1/s1. The highest BCUT2D eigenvalue weighted by molar-refractivity contribution is 8.03. The Morgan fingerprint density at radius 3 is 2.63 bits per heavy atom. The van der Waals surface area contributed by atoms with E-state index in [0.717, 1.165) is 30.8 Å². The van der Waals surface area contributed by atoms with Gasteiger partial charge in [0.05, 0.1) is 18.1 Å². The summed E-state index contributed by atoms with van der Waals surface area (Å²) in [7, 11) is 0. The third kappa shape index (κ3) is 3.30. The van der Waals surface area contributed by atoms with Gasteiger partial charge < -0.3 is 25.3 Å². The van der Waals surface area contributed by atoms with E-state index >= 15 is 0 Å². The molecule has 3 saturated heterocycles. The second-order valence-electron chi connectivity index (χ2n) is 8.35. The quantitative estimate of drug-likeness (QED) is 0.570. The van der Waals surface area contributed by atoms with Crippen molar-refractivity contribution in [1.82, 2.24) is 15.1 Å². The summed E-state index contributed by atoms with van der Waals surface area (Å²) in [4.78, 5) is 29.0. The highest BCUT2D eigenvalue weighted by atomic mass is 32.2. The van der Waals surface area contributed by atoms with Crippen molar-refractivity contribution < 1.29 is 19.8 Å². The second-order valence-corrected chi connectivity index (χ2v) is 9.69. The van der Waals surface area contributed by atoms with E-state index in [-0.39, 0.29) is 23.6 Å². The molecule has 3 N–H and O–H groups in total. The molecule has 0 radical (unpaired) electrons. The maximum atomic E-state index is 12.4. The van der Waals surface area contributed by atoms with Crippen LogP contribution >= 0.6 is 11.8 Å². The molecule has 3 unspecified atom stereocenters. The van der Waals surface area contributed by atoms with Gasteiger partial charge in [-0.15, -0.1) is 11.8 Å². The van der Waals surface area contributed by atoms with Crippen LogP contribution in [0.2, 0.25) is 0 Å². The van der Waals surface area contributed by atoms with Crippen LogP contribution in [0.5, 0.6) is 0 Å². The number of hydrogen-bond acceptors (Lipinski definition) is 6. The van der Waals surface area contributed by atoms with Crippen LogP contribution in [0.4, 0.5) is 0 Å². The number of carbonyl (C=O) groups excluding carboxylic acids is 1. The first-order chi connectivity index (χ1) is 12.9. The zero-order valence-corrected chi connectivity index (χ0v) is 16.7. The number of carboxylic acids is 1. The molecule has 150 valence electrons. The molecule has 0 aromatic rings. The van der Waals surface area contributed by atoms with Gasteiger partial charge in [-0.2, -0.15) is 0 Å². The summed E-state index contributed by atoms with van der Waals surface area (Å²) in [5, 5.41) is 23.6. The van der Waals surface area contributed by atoms with Gasteiger partial charge in [-0.1, -0.05) is 6.92 Å². The normalized spacial score (nSPS) is 37.7. The topological polar surface area (TPSA) is 93.1 Å². The van der Waals surface area contributed by atoms with E-state index in [4.69, 9.17) is 0 Å². The molecule has 8 heteroatoms. The number of nitrogens with zero attached hydrogens (tertiary/aromatic N) is 2. The zero-order chi connectivity index (χ0) is 19.3. The lowest BCUT2D eigenvalue weighted by Crippen LogP contribution is -2.63.